The summed E-state index contributed by atoms with van der Waals surface area (Å²) in [6, 6.07) is 49.7. The molecule has 0 N–H and O–H groups in total. The molecule has 0 atom stereocenters. The molecule has 1 radical (unpaired) electrons. The van der Waals surface area contributed by atoms with Crippen LogP contribution in [0, 0.1) is 29.6 Å². The molecule has 0 spiro atoms. The normalized spacial score (nSPS) is 11.9. The Morgan fingerprint density at radius 1 is 0.614 bits per heavy atom. The average molecular weight is 1110 g/mol. The number of fused-ring (bicyclic) bond motifs is 4. The summed E-state index contributed by atoms with van der Waals surface area (Å²) in [6.07, 6.45) is 1.70. The molecule has 4 nitrogen and oxygen atoms in total. The van der Waals surface area contributed by atoms with Crippen LogP contribution in [0.1, 0.15) is 103 Å². The van der Waals surface area contributed by atoms with Gasteiger partial charge in [-0.2, -0.15) is 0 Å². The monoisotopic (exact) mass is 1110 g/mol. The summed E-state index contributed by atoms with van der Waals surface area (Å²) in [4.78, 5) is 9.43. The van der Waals surface area contributed by atoms with Crippen LogP contribution in [0.25, 0.3) is 83.6 Å². The minimum Gasteiger partial charge on any atom is -0.501 e. The number of para-hydroxylation sites is 2. The van der Waals surface area contributed by atoms with Crippen LogP contribution in [0.15, 0.2) is 150 Å². The van der Waals surface area contributed by atoms with Gasteiger partial charge in [0.2, 0.25) is 0 Å². The van der Waals surface area contributed by atoms with Crippen molar-refractivity contribution in [3.8, 4) is 50.6 Å². The van der Waals surface area contributed by atoms with Gasteiger partial charge in [0.05, 0.1) is 22.4 Å². The van der Waals surface area contributed by atoms with E-state index >= 15 is 0 Å². The van der Waals surface area contributed by atoms with Gasteiger partial charge in [0.15, 0.2) is 0 Å². The second kappa shape index (κ2) is 19.7. The Morgan fingerprint density at radius 2 is 1.27 bits per heavy atom. The zero-order valence-corrected chi connectivity index (χ0v) is 43.6. The van der Waals surface area contributed by atoms with Crippen LogP contribution in [-0.2, 0) is 30.9 Å². The first-order valence-corrected chi connectivity index (χ1v) is 23.6. The Balaban J connectivity index is 0.000000406. The molecule has 8 heteroatoms. The van der Waals surface area contributed by atoms with Crippen LogP contribution in [0.4, 0.5) is 13.2 Å². The number of rotatable bonds is 7. The summed E-state index contributed by atoms with van der Waals surface area (Å²) < 4.78 is 50.2. The maximum atomic E-state index is 14.9. The van der Waals surface area contributed by atoms with Crippen molar-refractivity contribution in [2.75, 3.05) is 0 Å². The molecule has 0 saturated heterocycles. The fourth-order valence-electron chi connectivity index (χ4n) is 8.95. The summed E-state index contributed by atoms with van der Waals surface area (Å²) in [5.41, 5.74) is 15.1. The predicted octanol–water partition coefficient (Wildman–Crippen LogP) is 17.5. The smallest absolute Gasteiger partial charge is 0.133 e. The third-order valence-electron chi connectivity index (χ3n) is 12.8. The second-order valence-corrected chi connectivity index (χ2v) is 20.5. The minimum absolute atomic E-state index is 0. The molecule has 7 aromatic carbocycles. The standard InChI is InChI=1S/C51H49F2N2O.C11H7FN.Ir/c1-29(2)41-24-33(32-22-34(50(5,6)7)27-35(23-32)51(8,9)10)25-42(30(3)4)47(41)55-45-17-12-11-16-44(45)54-49(55)40-15-13-14-39-38-20-18-31(26-46(38)56-48(39)40)37-21-19-36(52)28-43(37)53;12-10-6-4-9(5-7-10)11-3-1-2-8-13-11;/h11-14,16-30H,1-10H3;1-4,6-8H;/q2*-1;. The quantitative estimate of drug-likeness (QED) is 0.149. The summed E-state index contributed by atoms with van der Waals surface area (Å²) in [5.74, 6) is -0.380. The van der Waals surface area contributed by atoms with Crippen molar-refractivity contribution >= 4 is 33.0 Å². The third-order valence-corrected chi connectivity index (χ3v) is 12.8. The van der Waals surface area contributed by atoms with Crippen LogP contribution < -0.4 is 0 Å². The van der Waals surface area contributed by atoms with Gasteiger partial charge in [-0.05, 0) is 116 Å². The van der Waals surface area contributed by atoms with Crippen LogP contribution >= 0.6 is 0 Å². The van der Waals surface area contributed by atoms with Gasteiger partial charge in [0.1, 0.15) is 17.2 Å². The number of imidazole rings is 1. The summed E-state index contributed by atoms with van der Waals surface area (Å²) in [5, 5.41) is 1.81. The van der Waals surface area contributed by atoms with E-state index in [1.807, 2.05) is 54.6 Å². The maximum Gasteiger partial charge on any atom is 0.133 e. The van der Waals surface area contributed by atoms with E-state index in [1.54, 1.807) is 12.3 Å². The molecule has 0 aliphatic rings. The number of nitrogens with zero attached hydrogens (tertiary/aromatic N) is 3. The van der Waals surface area contributed by atoms with Crippen molar-refractivity contribution in [2.24, 2.45) is 0 Å². The third kappa shape index (κ3) is 9.90. The molecular weight excluding hydrogens is 1050 g/mol. The predicted molar refractivity (Wildman–Crippen MR) is 277 cm³/mol. The molecule has 0 aliphatic heterocycles. The van der Waals surface area contributed by atoms with Crippen molar-refractivity contribution in [1.29, 1.82) is 0 Å². The van der Waals surface area contributed by atoms with Crippen molar-refractivity contribution in [1.82, 2.24) is 14.5 Å². The first-order valence-electron chi connectivity index (χ1n) is 23.6. The SMILES string of the molecule is CC(C)c1cc(-c2cc(C(C)(C)C)cc(C(C)(C)C)c2)cc(C(C)C)c1-n1c(-c2[c-]ccc3c2oc2cc(-c4ccc(F)cc4F)ccc23)nc2ccccc21.Fc1c[c-]c(-c2ccccn2)cc1.[Ir]. The zero-order chi connectivity index (χ0) is 48.9. The van der Waals surface area contributed by atoms with Gasteiger partial charge in [0, 0.05) is 54.8 Å². The number of hydrogen-bond acceptors (Lipinski definition) is 3. The van der Waals surface area contributed by atoms with E-state index < -0.39 is 11.6 Å². The molecular formula is C62H56F3IrN3O-2. The molecule has 0 unspecified atom stereocenters. The first-order chi connectivity index (χ1) is 32.8. The largest absolute Gasteiger partial charge is 0.501 e. The van der Waals surface area contributed by atoms with Crippen molar-refractivity contribution in [2.45, 2.75) is 91.9 Å². The zero-order valence-electron chi connectivity index (χ0n) is 41.2. The number of halogens is 3. The van der Waals surface area contributed by atoms with E-state index in [2.05, 4.69) is 139 Å². The summed E-state index contributed by atoms with van der Waals surface area (Å²) in [7, 11) is 0. The van der Waals surface area contributed by atoms with Gasteiger partial charge in [-0.25, -0.2) is 8.78 Å². The molecule has 3 aromatic heterocycles. The van der Waals surface area contributed by atoms with E-state index in [9.17, 15) is 13.2 Å². The molecule has 0 amide bonds. The van der Waals surface area contributed by atoms with E-state index in [0.29, 0.717) is 22.3 Å². The molecule has 0 aliphatic carbocycles. The topological polar surface area (TPSA) is 43.9 Å². The summed E-state index contributed by atoms with van der Waals surface area (Å²) in [6.45, 7) is 22.8. The van der Waals surface area contributed by atoms with Gasteiger partial charge in [0.25, 0.3) is 0 Å². The molecule has 0 bridgehead atoms. The second-order valence-electron chi connectivity index (χ2n) is 20.5. The number of aromatic nitrogens is 3. The minimum atomic E-state index is -0.618. The number of benzene rings is 7. The van der Waals surface area contributed by atoms with Crippen LogP contribution in [-0.4, -0.2) is 14.5 Å². The van der Waals surface area contributed by atoms with E-state index in [4.69, 9.17) is 9.40 Å². The van der Waals surface area contributed by atoms with Gasteiger partial charge >= 0.3 is 0 Å². The van der Waals surface area contributed by atoms with Gasteiger partial charge in [-0.15, -0.1) is 48.0 Å². The molecule has 70 heavy (non-hydrogen) atoms. The molecule has 357 valence electrons. The Kier molecular flexibility index (Phi) is 14.0. The van der Waals surface area contributed by atoms with Gasteiger partial charge in [-0.1, -0.05) is 135 Å². The molecule has 0 fully saturated rings. The molecule has 10 aromatic rings. The number of hydrogen-bond donors (Lipinski definition) is 0. The van der Waals surface area contributed by atoms with Gasteiger partial charge in [-0.3, -0.25) is 9.37 Å². The molecule has 10 rings (SSSR count). The Bertz CT molecular complexity index is 3440. The Labute approximate surface area is 423 Å². The first kappa shape index (κ1) is 49.8. The van der Waals surface area contributed by atoms with Crippen molar-refractivity contribution in [3.05, 3.63) is 198 Å². The van der Waals surface area contributed by atoms with Crippen LogP contribution in [0.3, 0.4) is 0 Å². The maximum absolute atomic E-state index is 14.9. The van der Waals surface area contributed by atoms with E-state index in [-0.39, 0.29) is 48.6 Å². The average Bonchev–Trinajstić information content (AvgIpc) is 3.89. The van der Waals surface area contributed by atoms with E-state index in [0.717, 1.165) is 56.2 Å². The Morgan fingerprint density at radius 3 is 1.89 bits per heavy atom. The fourth-order valence-corrected chi connectivity index (χ4v) is 8.95. The van der Waals surface area contributed by atoms with Crippen molar-refractivity contribution in [3.63, 3.8) is 0 Å². The molecule has 3 heterocycles. The number of pyridine rings is 1. The van der Waals surface area contributed by atoms with E-state index in [1.165, 1.54) is 57.6 Å². The van der Waals surface area contributed by atoms with Crippen LogP contribution in [0.2, 0.25) is 0 Å². The number of furan rings is 1. The molecule has 0 saturated carbocycles. The Hall–Kier alpha value is -6.60. The fraction of sp³-hybridized carbons (Fsp3) is 0.226. The van der Waals surface area contributed by atoms with Crippen LogP contribution in [0.5, 0.6) is 0 Å². The summed E-state index contributed by atoms with van der Waals surface area (Å²) >= 11 is 0. The van der Waals surface area contributed by atoms with Gasteiger partial charge < -0.3 is 14.0 Å². The van der Waals surface area contributed by atoms with Crippen molar-refractivity contribution < 1.29 is 37.7 Å².